The lowest BCUT2D eigenvalue weighted by molar-refractivity contribution is -0.00413. The highest BCUT2D eigenvalue weighted by Gasteiger charge is 2.20. The number of hydrogen-bond acceptors (Lipinski definition) is 3. The summed E-state index contributed by atoms with van der Waals surface area (Å²) in [6, 6.07) is 22.6. The molecule has 154 valence electrons. The Morgan fingerprint density at radius 1 is 1.00 bits per heavy atom. The summed E-state index contributed by atoms with van der Waals surface area (Å²) in [5.74, 6) is 0. The zero-order valence-corrected chi connectivity index (χ0v) is 18.1. The molecule has 0 amide bonds. The molecule has 0 heterocycles. The van der Waals surface area contributed by atoms with E-state index in [2.05, 4.69) is 61.6 Å². The summed E-state index contributed by atoms with van der Waals surface area (Å²) >= 11 is 6.21. The van der Waals surface area contributed by atoms with Crippen molar-refractivity contribution in [2.24, 2.45) is 0 Å². The number of hydrogen-bond donors (Lipinski definition) is 2. The summed E-state index contributed by atoms with van der Waals surface area (Å²) in [6.45, 7) is 6.98. The Morgan fingerprint density at radius 2 is 1.69 bits per heavy atom. The third-order valence-electron chi connectivity index (χ3n) is 5.16. The highest BCUT2D eigenvalue weighted by molar-refractivity contribution is 6.31. The molecule has 0 saturated heterocycles. The van der Waals surface area contributed by atoms with Gasteiger partial charge in [0, 0.05) is 17.1 Å². The molecule has 2 N–H and O–H groups in total. The molecule has 0 fully saturated rings. The molecular weight excluding hydrogens is 382 g/mol. The zero-order valence-electron chi connectivity index (χ0n) is 17.4. The van der Waals surface area contributed by atoms with Gasteiger partial charge in [0.2, 0.25) is 0 Å². The molecule has 2 atom stereocenters. The third kappa shape index (κ3) is 6.28. The van der Waals surface area contributed by atoms with Gasteiger partial charge in [-0.15, -0.1) is 0 Å². The van der Waals surface area contributed by atoms with Crippen molar-refractivity contribution in [1.29, 1.82) is 0 Å². The Labute approximate surface area is 178 Å². The van der Waals surface area contributed by atoms with Crippen molar-refractivity contribution in [3.63, 3.8) is 0 Å². The molecule has 0 aromatic heterocycles. The highest BCUT2D eigenvalue weighted by atomic mass is 35.5. The summed E-state index contributed by atoms with van der Waals surface area (Å²) in [5.41, 5.74) is 2.07. The Kier molecular flexibility index (Phi) is 7.31. The van der Waals surface area contributed by atoms with E-state index in [0.717, 1.165) is 12.0 Å². The predicted molar refractivity (Wildman–Crippen MR) is 122 cm³/mol. The van der Waals surface area contributed by atoms with E-state index >= 15 is 0 Å². The fourth-order valence-electron chi connectivity index (χ4n) is 3.52. The van der Waals surface area contributed by atoms with Crippen LogP contribution in [0.2, 0.25) is 5.02 Å². The average Bonchev–Trinajstić information content (AvgIpc) is 2.70. The summed E-state index contributed by atoms with van der Waals surface area (Å²) in [5, 5.41) is 17.0. The summed E-state index contributed by atoms with van der Waals surface area (Å²) in [6.07, 6.45) is 0.126. The van der Waals surface area contributed by atoms with Gasteiger partial charge in [0.15, 0.2) is 0 Å². The Balaban J connectivity index is 1.49. The SMILES string of the molecule is CC(OC[C@H](O)CNC(C)(C)Cc1ccc2ccccc2c1)c1ccccc1Cl. The number of aliphatic hydroxyl groups excluding tert-OH is 1. The van der Waals surface area contributed by atoms with Crippen LogP contribution < -0.4 is 5.32 Å². The minimum absolute atomic E-state index is 0.141. The van der Waals surface area contributed by atoms with Gasteiger partial charge in [0.05, 0.1) is 18.8 Å². The zero-order chi connectivity index (χ0) is 20.9. The second-order valence-corrected chi connectivity index (χ2v) is 8.68. The first-order valence-electron chi connectivity index (χ1n) is 10.1. The number of ether oxygens (including phenoxy) is 1. The normalized spacial score (nSPS) is 14.1. The van der Waals surface area contributed by atoms with Gasteiger partial charge in [-0.25, -0.2) is 0 Å². The number of β-amino-alcohol motifs (C(OH)–C–C–N with tert-alkyl or cyclic N) is 1. The minimum atomic E-state index is -0.587. The molecule has 0 bridgehead atoms. The standard InChI is InChI=1S/C25H30ClNO2/c1-18(23-10-6-7-11-24(23)26)29-17-22(28)16-27-25(2,3)15-19-12-13-20-8-4-5-9-21(20)14-19/h4-14,18,22,27-28H,15-17H2,1-3H3/t18?,22-/m1/s1. The quantitative estimate of drug-likeness (QED) is 0.485. The van der Waals surface area contributed by atoms with E-state index < -0.39 is 6.10 Å². The lowest BCUT2D eigenvalue weighted by atomic mass is 9.93. The average molecular weight is 412 g/mol. The largest absolute Gasteiger partial charge is 0.389 e. The van der Waals surface area contributed by atoms with Crippen molar-refractivity contribution < 1.29 is 9.84 Å². The lowest BCUT2D eigenvalue weighted by Crippen LogP contribution is -2.46. The second kappa shape index (κ2) is 9.73. The smallest absolute Gasteiger partial charge is 0.0898 e. The summed E-state index contributed by atoms with van der Waals surface area (Å²) in [7, 11) is 0. The summed E-state index contributed by atoms with van der Waals surface area (Å²) in [4.78, 5) is 0. The molecule has 3 aromatic rings. The minimum Gasteiger partial charge on any atom is -0.389 e. The van der Waals surface area contributed by atoms with Crippen molar-refractivity contribution in [2.75, 3.05) is 13.2 Å². The van der Waals surface area contributed by atoms with Crippen LogP contribution in [0.3, 0.4) is 0 Å². The topological polar surface area (TPSA) is 41.5 Å². The maximum Gasteiger partial charge on any atom is 0.0898 e. The van der Waals surface area contributed by atoms with Crippen LogP contribution >= 0.6 is 11.6 Å². The van der Waals surface area contributed by atoms with Gasteiger partial charge in [-0.1, -0.05) is 72.3 Å². The molecule has 29 heavy (non-hydrogen) atoms. The molecule has 4 heteroatoms. The number of nitrogens with one attached hydrogen (secondary N) is 1. The Bertz CT molecular complexity index is 941. The van der Waals surface area contributed by atoms with Crippen LogP contribution in [0.5, 0.6) is 0 Å². The molecular formula is C25H30ClNO2. The van der Waals surface area contributed by atoms with E-state index in [1.165, 1.54) is 16.3 Å². The molecule has 0 spiro atoms. The van der Waals surface area contributed by atoms with Crippen LogP contribution in [0.1, 0.15) is 38.0 Å². The molecule has 0 radical (unpaired) electrons. The van der Waals surface area contributed by atoms with Gasteiger partial charge >= 0.3 is 0 Å². The Hall–Kier alpha value is -1.91. The van der Waals surface area contributed by atoms with E-state index in [-0.39, 0.29) is 18.2 Å². The van der Waals surface area contributed by atoms with E-state index in [4.69, 9.17) is 16.3 Å². The molecule has 0 aliphatic heterocycles. The number of rotatable bonds is 9. The van der Waals surface area contributed by atoms with E-state index in [0.29, 0.717) is 11.6 Å². The predicted octanol–water partition coefficient (Wildman–Crippen LogP) is 5.54. The first-order chi connectivity index (χ1) is 13.8. The van der Waals surface area contributed by atoms with Gasteiger partial charge in [0.1, 0.15) is 0 Å². The van der Waals surface area contributed by atoms with Crippen molar-refractivity contribution in [3.8, 4) is 0 Å². The van der Waals surface area contributed by atoms with Gasteiger partial charge in [-0.3, -0.25) is 0 Å². The van der Waals surface area contributed by atoms with Gasteiger partial charge in [-0.2, -0.15) is 0 Å². The van der Waals surface area contributed by atoms with Crippen LogP contribution in [0.4, 0.5) is 0 Å². The van der Waals surface area contributed by atoms with E-state index in [1.54, 1.807) is 0 Å². The van der Waals surface area contributed by atoms with Crippen LogP contribution in [-0.2, 0) is 11.2 Å². The van der Waals surface area contributed by atoms with Gasteiger partial charge < -0.3 is 15.2 Å². The maximum atomic E-state index is 10.4. The fraction of sp³-hybridized carbons (Fsp3) is 0.360. The number of aliphatic hydroxyl groups is 1. The van der Waals surface area contributed by atoms with Crippen LogP contribution in [-0.4, -0.2) is 29.9 Å². The first-order valence-corrected chi connectivity index (χ1v) is 10.5. The van der Waals surface area contributed by atoms with Crippen molar-refractivity contribution >= 4 is 22.4 Å². The number of halogens is 1. The fourth-order valence-corrected chi connectivity index (χ4v) is 3.81. The van der Waals surface area contributed by atoms with E-state index in [9.17, 15) is 5.11 Å². The molecule has 0 aliphatic rings. The Morgan fingerprint density at radius 3 is 2.45 bits per heavy atom. The van der Waals surface area contributed by atoms with E-state index in [1.807, 2.05) is 31.2 Å². The first kappa shape index (κ1) is 21.8. The molecule has 3 nitrogen and oxygen atoms in total. The molecule has 0 aliphatic carbocycles. The number of fused-ring (bicyclic) bond motifs is 1. The van der Waals surface area contributed by atoms with Crippen LogP contribution in [0, 0.1) is 0 Å². The number of benzene rings is 3. The van der Waals surface area contributed by atoms with Crippen molar-refractivity contribution in [2.45, 2.75) is 44.9 Å². The van der Waals surface area contributed by atoms with Gasteiger partial charge in [-0.05, 0) is 55.2 Å². The molecule has 3 rings (SSSR count). The highest BCUT2D eigenvalue weighted by Crippen LogP contribution is 2.25. The second-order valence-electron chi connectivity index (χ2n) is 8.27. The van der Waals surface area contributed by atoms with Crippen molar-refractivity contribution in [1.82, 2.24) is 5.32 Å². The van der Waals surface area contributed by atoms with Crippen molar-refractivity contribution in [3.05, 3.63) is 82.9 Å². The summed E-state index contributed by atoms with van der Waals surface area (Å²) < 4.78 is 5.83. The third-order valence-corrected chi connectivity index (χ3v) is 5.50. The molecule has 1 unspecified atom stereocenters. The van der Waals surface area contributed by atoms with Crippen LogP contribution in [0.15, 0.2) is 66.7 Å². The van der Waals surface area contributed by atoms with Gasteiger partial charge in [0.25, 0.3) is 0 Å². The molecule has 0 saturated carbocycles. The monoisotopic (exact) mass is 411 g/mol. The molecule has 3 aromatic carbocycles. The lowest BCUT2D eigenvalue weighted by Gasteiger charge is -2.28. The maximum absolute atomic E-state index is 10.4. The van der Waals surface area contributed by atoms with Crippen LogP contribution in [0.25, 0.3) is 10.8 Å².